The summed E-state index contributed by atoms with van der Waals surface area (Å²) < 4.78 is 26.4. The Hall–Kier alpha value is -3.49. The summed E-state index contributed by atoms with van der Waals surface area (Å²) >= 11 is 0. The molecule has 4 aromatic carbocycles. The zero-order chi connectivity index (χ0) is 23.1. The van der Waals surface area contributed by atoms with Gasteiger partial charge in [-0.05, 0) is 36.8 Å². The van der Waals surface area contributed by atoms with E-state index in [1.54, 1.807) is 7.11 Å². The highest BCUT2D eigenvalue weighted by Gasteiger charge is 2.38. The van der Waals surface area contributed by atoms with Gasteiger partial charge in [0, 0.05) is 10.6 Å². The fraction of sp³-hybridized carbons (Fsp3) is 0.143. The van der Waals surface area contributed by atoms with Gasteiger partial charge in [-0.2, -0.15) is 0 Å². The summed E-state index contributed by atoms with van der Waals surface area (Å²) in [7, 11) is -1.55. The topological polar surface area (TPSA) is 47.6 Å². The third-order valence-electron chi connectivity index (χ3n) is 5.55. The van der Waals surface area contributed by atoms with Crippen LogP contribution in [0.2, 0.25) is 0 Å². The molecule has 0 aromatic heterocycles. The van der Waals surface area contributed by atoms with Crippen LogP contribution in [0.25, 0.3) is 0 Å². The molecule has 0 bridgehead atoms. The summed E-state index contributed by atoms with van der Waals surface area (Å²) in [5.74, 6) is 0.961. The normalized spacial score (nSPS) is 12.1. The SMILES string of the molecule is CCOc1ccccc1NC(c1ccc(OC)cc1)P(=O)(c1ccccc1)c1ccccc1. The zero-order valence-corrected chi connectivity index (χ0v) is 19.7. The third-order valence-corrected chi connectivity index (χ3v) is 8.84. The van der Waals surface area contributed by atoms with Crippen molar-refractivity contribution in [1.82, 2.24) is 0 Å². The first-order chi connectivity index (χ1) is 16.2. The maximum Gasteiger partial charge on any atom is 0.168 e. The van der Waals surface area contributed by atoms with Crippen molar-refractivity contribution in [1.29, 1.82) is 0 Å². The van der Waals surface area contributed by atoms with Gasteiger partial charge in [0.05, 0.1) is 19.4 Å². The van der Waals surface area contributed by atoms with Crippen molar-refractivity contribution in [2.45, 2.75) is 12.7 Å². The molecule has 33 heavy (non-hydrogen) atoms. The molecule has 4 rings (SSSR count). The molecule has 1 unspecified atom stereocenters. The van der Waals surface area contributed by atoms with E-state index in [1.165, 1.54) is 0 Å². The van der Waals surface area contributed by atoms with Crippen LogP contribution in [-0.2, 0) is 4.57 Å². The van der Waals surface area contributed by atoms with Crippen LogP contribution in [0.15, 0.2) is 109 Å². The summed E-state index contributed by atoms with van der Waals surface area (Å²) in [4.78, 5) is 0. The van der Waals surface area contributed by atoms with Gasteiger partial charge in [-0.15, -0.1) is 0 Å². The average Bonchev–Trinajstić information content (AvgIpc) is 2.89. The lowest BCUT2D eigenvalue weighted by atomic mass is 10.2. The molecule has 4 nitrogen and oxygen atoms in total. The lowest BCUT2D eigenvalue weighted by molar-refractivity contribution is 0.341. The number of methoxy groups -OCH3 is 1. The van der Waals surface area contributed by atoms with Crippen molar-refractivity contribution in [2.75, 3.05) is 19.0 Å². The van der Waals surface area contributed by atoms with E-state index in [4.69, 9.17) is 9.47 Å². The van der Waals surface area contributed by atoms with E-state index in [0.29, 0.717) is 6.61 Å². The fourth-order valence-corrected chi connectivity index (χ4v) is 6.97. The molecule has 0 aliphatic carbocycles. The number of ether oxygens (including phenoxy) is 2. The minimum absolute atomic E-state index is 0.519. The van der Waals surface area contributed by atoms with Gasteiger partial charge in [0.1, 0.15) is 17.3 Å². The first-order valence-electron chi connectivity index (χ1n) is 11.0. The van der Waals surface area contributed by atoms with E-state index >= 15 is 4.57 Å². The lowest BCUT2D eigenvalue weighted by Crippen LogP contribution is -2.26. The minimum Gasteiger partial charge on any atom is -0.497 e. The highest BCUT2D eigenvalue weighted by Crippen LogP contribution is 2.57. The Balaban J connectivity index is 1.92. The maximum atomic E-state index is 15.2. The molecule has 1 N–H and O–H groups in total. The molecule has 0 saturated carbocycles. The first kappa shape index (κ1) is 22.7. The van der Waals surface area contributed by atoms with Crippen LogP contribution in [0.1, 0.15) is 18.3 Å². The number of rotatable bonds is 9. The van der Waals surface area contributed by atoms with Gasteiger partial charge in [0.15, 0.2) is 7.14 Å². The molecule has 0 aliphatic heterocycles. The Kier molecular flexibility index (Phi) is 7.16. The molecule has 0 radical (unpaired) electrons. The molecule has 0 saturated heterocycles. The van der Waals surface area contributed by atoms with Gasteiger partial charge >= 0.3 is 0 Å². The number of para-hydroxylation sites is 2. The fourth-order valence-electron chi connectivity index (χ4n) is 3.93. The van der Waals surface area contributed by atoms with Gasteiger partial charge in [-0.25, -0.2) is 0 Å². The molecule has 0 amide bonds. The van der Waals surface area contributed by atoms with Crippen molar-refractivity contribution in [3.8, 4) is 11.5 Å². The molecule has 0 fully saturated rings. The third kappa shape index (κ3) is 4.81. The van der Waals surface area contributed by atoms with Crippen LogP contribution in [0.4, 0.5) is 5.69 Å². The number of benzene rings is 4. The number of nitrogens with one attached hydrogen (secondary N) is 1. The van der Waals surface area contributed by atoms with E-state index in [-0.39, 0.29) is 0 Å². The van der Waals surface area contributed by atoms with E-state index in [1.807, 2.05) is 116 Å². The second kappa shape index (κ2) is 10.4. The Labute approximate surface area is 195 Å². The smallest absolute Gasteiger partial charge is 0.168 e. The molecule has 1 atom stereocenters. The van der Waals surface area contributed by atoms with Crippen LogP contribution < -0.4 is 25.4 Å². The van der Waals surface area contributed by atoms with E-state index in [9.17, 15) is 0 Å². The lowest BCUT2D eigenvalue weighted by Gasteiger charge is -2.31. The van der Waals surface area contributed by atoms with E-state index < -0.39 is 12.9 Å². The quantitative estimate of drug-likeness (QED) is 0.303. The number of hydrogen-bond acceptors (Lipinski definition) is 4. The van der Waals surface area contributed by atoms with Crippen molar-refractivity contribution in [3.05, 3.63) is 115 Å². The van der Waals surface area contributed by atoms with Crippen LogP contribution >= 0.6 is 7.14 Å². The Bertz CT molecular complexity index is 1170. The Morgan fingerprint density at radius 3 is 1.85 bits per heavy atom. The predicted octanol–water partition coefficient (Wildman–Crippen LogP) is 6.22. The van der Waals surface area contributed by atoms with Gasteiger partial charge in [-0.1, -0.05) is 84.9 Å². The van der Waals surface area contributed by atoms with E-state index in [2.05, 4.69) is 5.32 Å². The Morgan fingerprint density at radius 2 is 1.30 bits per heavy atom. The molecular weight excluding hydrogens is 429 g/mol. The number of anilines is 1. The predicted molar refractivity (Wildman–Crippen MR) is 137 cm³/mol. The summed E-state index contributed by atoms with van der Waals surface area (Å²) in [5.41, 5.74) is 1.70. The second-order valence-corrected chi connectivity index (χ2v) is 10.4. The summed E-state index contributed by atoms with van der Waals surface area (Å²) in [5, 5.41) is 5.18. The molecule has 5 heteroatoms. The molecule has 0 spiro atoms. The molecular formula is C28H28NO3P. The van der Waals surface area contributed by atoms with Crippen LogP contribution in [0, 0.1) is 0 Å². The minimum atomic E-state index is -3.19. The second-order valence-electron chi connectivity index (χ2n) is 7.58. The van der Waals surface area contributed by atoms with Crippen molar-refractivity contribution in [3.63, 3.8) is 0 Å². The van der Waals surface area contributed by atoms with Crippen LogP contribution in [-0.4, -0.2) is 13.7 Å². The van der Waals surface area contributed by atoms with Crippen molar-refractivity contribution in [2.24, 2.45) is 0 Å². The highest BCUT2D eigenvalue weighted by molar-refractivity contribution is 7.79. The van der Waals surface area contributed by atoms with Gasteiger partial charge < -0.3 is 19.4 Å². The standard InChI is InChI=1S/C28H28NO3P/c1-3-32-27-17-11-10-16-26(27)29-28(22-18-20-23(31-2)21-19-22)33(30,24-12-6-4-7-13-24)25-14-8-5-9-15-25/h4-21,28-29H,3H2,1-2H3. The van der Waals surface area contributed by atoms with Gasteiger partial charge in [0.2, 0.25) is 0 Å². The van der Waals surface area contributed by atoms with Crippen molar-refractivity contribution < 1.29 is 14.0 Å². The van der Waals surface area contributed by atoms with Gasteiger partial charge in [-0.3, -0.25) is 0 Å². The van der Waals surface area contributed by atoms with E-state index in [0.717, 1.165) is 33.4 Å². The average molecular weight is 458 g/mol. The molecule has 168 valence electrons. The summed E-state index contributed by atoms with van der Waals surface area (Å²) in [6.45, 7) is 2.50. The molecule has 0 aliphatic rings. The number of hydrogen-bond donors (Lipinski definition) is 1. The van der Waals surface area contributed by atoms with Crippen LogP contribution in [0.5, 0.6) is 11.5 Å². The Morgan fingerprint density at radius 1 is 0.758 bits per heavy atom. The zero-order valence-electron chi connectivity index (χ0n) is 18.8. The highest BCUT2D eigenvalue weighted by atomic mass is 31.2. The monoisotopic (exact) mass is 457 g/mol. The van der Waals surface area contributed by atoms with Gasteiger partial charge in [0.25, 0.3) is 0 Å². The summed E-state index contributed by atoms with van der Waals surface area (Å²) in [6, 6.07) is 34.9. The molecule has 4 aromatic rings. The van der Waals surface area contributed by atoms with Crippen LogP contribution in [0.3, 0.4) is 0 Å². The maximum absolute atomic E-state index is 15.2. The van der Waals surface area contributed by atoms with Crippen molar-refractivity contribution >= 4 is 23.4 Å². The molecule has 0 heterocycles. The largest absolute Gasteiger partial charge is 0.497 e. The summed E-state index contributed by atoms with van der Waals surface area (Å²) in [6.07, 6.45) is 0. The first-order valence-corrected chi connectivity index (χ1v) is 12.8.